The molecule has 3 nitrogen and oxygen atoms in total. The minimum Gasteiger partial charge on any atom is -0.207 e. The molecule has 0 aliphatic rings. The molecule has 1 rings (SSSR count). The van der Waals surface area contributed by atoms with Gasteiger partial charge in [-0.1, -0.05) is 13.0 Å². The summed E-state index contributed by atoms with van der Waals surface area (Å²) in [6.07, 6.45) is 0. The van der Waals surface area contributed by atoms with Crippen LogP contribution in [-0.2, 0) is 15.9 Å². The van der Waals surface area contributed by atoms with Gasteiger partial charge in [0.25, 0.3) is 0 Å². The molecule has 0 heterocycles. The highest BCUT2D eigenvalue weighted by atomic mass is 35.5. The number of hydrogen-bond donors (Lipinski definition) is 0. The molecule has 0 N–H and O–H groups in total. The van der Waals surface area contributed by atoms with Gasteiger partial charge in [0, 0.05) is 18.5 Å². The van der Waals surface area contributed by atoms with Crippen LogP contribution in [0.3, 0.4) is 0 Å². The molecule has 0 aliphatic heterocycles. The van der Waals surface area contributed by atoms with Crippen LogP contribution in [0.2, 0.25) is 0 Å². The number of nitrogens with zero attached hydrogens (tertiary/aromatic N) is 1. The van der Waals surface area contributed by atoms with Crippen LogP contribution >= 0.6 is 11.6 Å². The highest BCUT2D eigenvalue weighted by Gasteiger charge is 2.28. The Kier molecular flexibility index (Phi) is 5.13. The van der Waals surface area contributed by atoms with Gasteiger partial charge in [0.2, 0.25) is 10.0 Å². The molecular weight excluding hydrogens is 277 g/mol. The fourth-order valence-corrected chi connectivity index (χ4v) is 3.63. The molecule has 0 aliphatic carbocycles. The van der Waals surface area contributed by atoms with Crippen molar-refractivity contribution in [1.29, 1.82) is 0 Å². The van der Waals surface area contributed by atoms with Crippen LogP contribution in [0.15, 0.2) is 23.1 Å². The van der Waals surface area contributed by atoms with Crippen LogP contribution in [0.5, 0.6) is 0 Å². The number of halogens is 2. The zero-order chi connectivity index (χ0) is 13.9. The fraction of sp³-hybridized carbons (Fsp3) is 0.500. The van der Waals surface area contributed by atoms with Crippen molar-refractivity contribution in [1.82, 2.24) is 4.31 Å². The average Bonchev–Trinajstić information content (AvgIpc) is 2.28. The lowest BCUT2D eigenvalue weighted by Gasteiger charge is -2.24. The largest absolute Gasteiger partial charge is 0.246 e. The zero-order valence-electron chi connectivity index (χ0n) is 10.7. The van der Waals surface area contributed by atoms with E-state index in [0.29, 0.717) is 12.1 Å². The highest BCUT2D eigenvalue weighted by molar-refractivity contribution is 7.89. The first kappa shape index (κ1) is 15.4. The van der Waals surface area contributed by atoms with Crippen LogP contribution in [-0.4, -0.2) is 25.3 Å². The van der Waals surface area contributed by atoms with E-state index in [2.05, 4.69) is 0 Å². The van der Waals surface area contributed by atoms with E-state index in [9.17, 15) is 12.8 Å². The van der Waals surface area contributed by atoms with Crippen LogP contribution < -0.4 is 0 Å². The van der Waals surface area contributed by atoms with Gasteiger partial charge in [0.15, 0.2) is 0 Å². The molecule has 0 unspecified atom stereocenters. The maximum atomic E-state index is 13.8. The molecule has 0 saturated carbocycles. The summed E-state index contributed by atoms with van der Waals surface area (Å²) in [5.74, 6) is -0.605. The lowest BCUT2D eigenvalue weighted by Crippen LogP contribution is -2.37. The molecule has 6 heteroatoms. The third-order valence-electron chi connectivity index (χ3n) is 2.62. The third kappa shape index (κ3) is 3.02. The normalized spacial score (nSPS) is 12.4. The van der Waals surface area contributed by atoms with Gasteiger partial charge < -0.3 is 0 Å². The lowest BCUT2D eigenvalue weighted by molar-refractivity contribution is 0.367. The summed E-state index contributed by atoms with van der Waals surface area (Å²) >= 11 is 5.58. The molecule has 0 radical (unpaired) electrons. The van der Waals surface area contributed by atoms with E-state index < -0.39 is 15.8 Å². The van der Waals surface area contributed by atoms with Crippen molar-refractivity contribution >= 4 is 21.6 Å². The Hall–Kier alpha value is -0.650. The molecule has 1 aromatic rings. The predicted molar refractivity (Wildman–Crippen MR) is 70.7 cm³/mol. The summed E-state index contributed by atoms with van der Waals surface area (Å²) in [6, 6.07) is 3.74. The summed E-state index contributed by atoms with van der Waals surface area (Å²) in [5, 5.41) is 0. The lowest BCUT2D eigenvalue weighted by atomic mass is 10.2. The van der Waals surface area contributed by atoms with Crippen molar-refractivity contribution in [2.75, 3.05) is 6.54 Å². The highest BCUT2D eigenvalue weighted by Crippen LogP contribution is 2.22. The smallest absolute Gasteiger partial charge is 0.207 e. The fourth-order valence-electron chi connectivity index (χ4n) is 1.78. The predicted octanol–water partition coefficient (Wildman–Crippen LogP) is 2.98. The van der Waals surface area contributed by atoms with Crippen molar-refractivity contribution in [3.63, 3.8) is 0 Å². The molecule has 0 saturated heterocycles. The number of rotatable bonds is 5. The SMILES string of the molecule is CCN(C(C)C)S(=O)(=O)c1ccc(CCl)cc1F. The quantitative estimate of drug-likeness (QED) is 0.783. The third-order valence-corrected chi connectivity index (χ3v) is 5.12. The summed E-state index contributed by atoms with van der Waals surface area (Å²) < 4.78 is 39.6. The number of benzene rings is 1. The van der Waals surface area contributed by atoms with Crippen LogP contribution in [0, 0.1) is 5.82 Å². The van der Waals surface area contributed by atoms with Crippen LogP contribution in [0.4, 0.5) is 4.39 Å². The monoisotopic (exact) mass is 293 g/mol. The van der Waals surface area contributed by atoms with Gasteiger partial charge >= 0.3 is 0 Å². The standard InChI is InChI=1S/C12H17ClFNO2S/c1-4-15(9(2)3)18(16,17)12-6-5-10(8-13)7-11(12)14/h5-7,9H,4,8H2,1-3H3. The summed E-state index contributed by atoms with van der Waals surface area (Å²) in [4.78, 5) is -0.299. The minimum absolute atomic E-state index is 0.152. The van der Waals surface area contributed by atoms with Crippen molar-refractivity contribution in [3.05, 3.63) is 29.6 Å². The van der Waals surface area contributed by atoms with Gasteiger partial charge in [-0.25, -0.2) is 12.8 Å². The number of sulfonamides is 1. The molecule has 102 valence electrons. The topological polar surface area (TPSA) is 37.4 Å². The molecule has 0 aromatic heterocycles. The second kappa shape index (κ2) is 5.99. The van der Waals surface area contributed by atoms with Gasteiger partial charge in [0.1, 0.15) is 10.7 Å². The Bertz CT molecular complexity index is 517. The van der Waals surface area contributed by atoms with Crippen LogP contribution in [0.1, 0.15) is 26.3 Å². The Morgan fingerprint density at radius 1 is 1.39 bits per heavy atom. The molecule has 1 aromatic carbocycles. The molecule has 0 fully saturated rings. The molecule has 0 bridgehead atoms. The first-order valence-electron chi connectivity index (χ1n) is 5.70. The second-order valence-corrected chi connectivity index (χ2v) is 6.33. The van der Waals surface area contributed by atoms with E-state index in [0.717, 1.165) is 6.07 Å². The van der Waals surface area contributed by atoms with E-state index in [1.807, 2.05) is 0 Å². The van der Waals surface area contributed by atoms with E-state index in [-0.39, 0.29) is 16.8 Å². The Balaban J connectivity index is 3.28. The van der Waals surface area contributed by atoms with Crippen LogP contribution in [0.25, 0.3) is 0 Å². The van der Waals surface area contributed by atoms with Gasteiger partial charge in [-0.3, -0.25) is 0 Å². The zero-order valence-corrected chi connectivity index (χ0v) is 12.2. The van der Waals surface area contributed by atoms with Crippen molar-refractivity contribution in [2.24, 2.45) is 0 Å². The van der Waals surface area contributed by atoms with Crippen molar-refractivity contribution in [2.45, 2.75) is 37.6 Å². The van der Waals surface area contributed by atoms with E-state index >= 15 is 0 Å². The molecule has 18 heavy (non-hydrogen) atoms. The molecule has 0 spiro atoms. The van der Waals surface area contributed by atoms with Gasteiger partial charge in [0.05, 0.1) is 0 Å². The Labute approximate surface area is 113 Å². The van der Waals surface area contributed by atoms with Gasteiger partial charge in [-0.05, 0) is 31.5 Å². The Morgan fingerprint density at radius 3 is 2.39 bits per heavy atom. The van der Waals surface area contributed by atoms with E-state index in [1.165, 1.54) is 16.4 Å². The Morgan fingerprint density at radius 2 is 2.00 bits per heavy atom. The average molecular weight is 294 g/mol. The maximum Gasteiger partial charge on any atom is 0.246 e. The number of alkyl halides is 1. The summed E-state index contributed by atoms with van der Waals surface area (Å²) in [7, 11) is -3.79. The molecule has 0 amide bonds. The first-order valence-corrected chi connectivity index (χ1v) is 7.68. The van der Waals surface area contributed by atoms with Crippen molar-refractivity contribution < 1.29 is 12.8 Å². The van der Waals surface area contributed by atoms with E-state index in [1.54, 1.807) is 20.8 Å². The number of hydrogen-bond acceptors (Lipinski definition) is 2. The van der Waals surface area contributed by atoms with Crippen molar-refractivity contribution in [3.8, 4) is 0 Å². The maximum absolute atomic E-state index is 13.8. The minimum atomic E-state index is -3.79. The second-order valence-electron chi connectivity index (χ2n) is 4.20. The first-order chi connectivity index (χ1) is 8.34. The summed E-state index contributed by atoms with van der Waals surface area (Å²) in [5.41, 5.74) is 0.556. The van der Waals surface area contributed by atoms with Gasteiger partial charge in [-0.15, -0.1) is 11.6 Å². The molecule has 0 atom stereocenters. The molecular formula is C12H17ClFNO2S. The van der Waals surface area contributed by atoms with E-state index in [4.69, 9.17) is 11.6 Å². The summed E-state index contributed by atoms with van der Waals surface area (Å²) in [6.45, 7) is 5.54. The van der Waals surface area contributed by atoms with Gasteiger partial charge in [-0.2, -0.15) is 4.31 Å².